The van der Waals surface area contributed by atoms with E-state index in [9.17, 15) is 15.2 Å². The number of nitrogens with zero attached hydrogens (tertiary/aromatic N) is 2. The predicted octanol–water partition coefficient (Wildman–Crippen LogP) is 2.39. The Morgan fingerprint density at radius 2 is 2.39 bits per heavy atom. The van der Waals surface area contributed by atoms with Gasteiger partial charge in [0.25, 0.3) is 0 Å². The number of aliphatic hydroxyl groups excluding tert-OH is 1. The smallest absolute Gasteiger partial charge is 0.324 e. The largest absolute Gasteiger partial charge is 0.395 e. The van der Waals surface area contributed by atoms with Crippen LogP contribution in [0, 0.1) is 10.1 Å². The maximum Gasteiger partial charge on any atom is 0.324 e. The van der Waals surface area contributed by atoms with Crippen LogP contribution in [0.4, 0.5) is 5.00 Å². The molecule has 0 spiro atoms. The van der Waals surface area contributed by atoms with E-state index in [0.717, 1.165) is 24.8 Å². The molecule has 2 heterocycles. The van der Waals surface area contributed by atoms with Crippen molar-refractivity contribution in [1.29, 1.82) is 0 Å². The quantitative estimate of drug-likeness (QED) is 0.674. The third-order valence-corrected chi connectivity index (χ3v) is 4.52. The van der Waals surface area contributed by atoms with E-state index in [0.29, 0.717) is 12.6 Å². The Labute approximate surface area is 110 Å². The summed E-state index contributed by atoms with van der Waals surface area (Å²) in [5.74, 6) is 0. The molecule has 2 atom stereocenters. The van der Waals surface area contributed by atoms with E-state index in [-0.39, 0.29) is 22.6 Å². The lowest BCUT2D eigenvalue weighted by atomic mass is 9.96. The van der Waals surface area contributed by atoms with Crippen molar-refractivity contribution in [3.63, 3.8) is 0 Å². The van der Waals surface area contributed by atoms with Crippen molar-refractivity contribution in [3.05, 3.63) is 27.1 Å². The van der Waals surface area contributed by atoms with Gasteiger partial charge in [0.15, 0.2) is 0 Å². The van der Waals surface area contributed by atoms with Crippen LogP contribution in [0.25, 0.3) is 0 Å². The molecule has 0 amide bonds. The number of thiophene rings is 1. The monoisotopic (exact) mass is 270 g/mol. The molecule has 5 nitrogen and oxygen atoms in total. The summed E-state index contributed by atoms with van der Waals surface area (Å²) in [6.07, 6.45) is 3.28. The van der Waals surface area contributed by atoms with E-state index in [1.54, 1.807) is 6.07 Å². The summed E-state index contributed by atoms with van der Waals surface area (Å²) in [5, 5.41) is 22.1. The third kappa shape index (κ3) is 2.88. The van der Waals surface area contributed by atoms with Crippen LogP contribution in [-0.4, -0.2) is 33.6 Å². The average molecular weight is 270 g/mol. The van der Waals surface area contributed by atoms with E-state index in [1.165, 1.54) is 11.3 Å². The lowest BCUT2D eigenvalue weighted by Crippen LogP contribution is -2.46. The molecule has 1 aliphatic heterocycles. The minimum absolute atomic E-state index is 0.163. The molecule has 1 saturated heterocycles. The van der Waals surface area contributed by atoms with Gasteiger partial charge in [-0.15, -0.1) is 0 Å². The highest BCUT2D eigenvalue weighted by atomic mass is 32.1. The molecule has 0 bridgehead atoms. The molecule has 2 unspecified atom stereocenters. The highest BCUT2D eigenvalue weighted by Crippen LogP contribution is 2.28. The van der Waals surface area contributed by atoms with Crippen molar-refractivity contribution in [1.82, 2.24) is 4.90 Å². The van der Waals surface area contributed by atoms with Gasteiger partial charge >= 0.3 is 5.00 Å². The molecule has 0 aromatic carbocycles. The molecule has 1 N–H and O–H groups in total. The van der Waals surface area contributed by atoms with Gasteiger partial charge in [0.1, 0.15) is 0 Å². The van der Waals surface area contributed by atoms with E-state index in [4.69, 9.17) is 0 Å². The minimum atomic E-state index is -0.350. The van der Waals surface area contributed by atoms with E-state index < -0.39 is 0 Å². The van der Waals surface area contributed by atoms with Crippen molar-refractivity contribution in [3.8, 4) is 0 Å². The second-order valence-electron chi connectivity index (χ2n) is 4.84. The summed E-state index contributed by atoms with van der Waals surface area (Å²) in [6.45, 7) is 3.01. The van der Waals surface area contributed by atoms with Gasteiger partial charge in [0.2, 0.25) is 0 Å². The van der Waals surface area contributed by atoms with Gasteiger partial charge < -0.3 is 5.11 Å². The zero-order chi connectivity index (χ0) is 13.1. The van der Waals surface area contributed by atoms with Crippen molar-refractivity contribution < 1.29 is 10.0 Å². The summed E-state index contributed by atoms with van der Waals surface area (Å²) < 4.78 is 0. The first-order valence-electron chi connectivity index (χ1n) is 6.20. The van der Waals surface area contributed by atoms with Crippen LogP contribution in [0.2, 0.25) is 0 Å². The first-order valence-corrected chi connectivity index (χ1v) is 7.08. The number of nitro groups is 1. The average Bonchev–Trinajstić information content (AvgIpc) is 2.80. The second kappa shape index (κ2) is 5.77. The number of rotatable bonds is 4. The summed E-state index contributed by atoms with van der Waals surface area (Å²) in [5.41, 5.74) is 0.971. The molecule has 0 radical (unpaired) electrons. The number of piperidine rings is 1. The first-order chi connectivity index (χ1) is 8.61. The Morgan fingerprint density at radius 1 is 1.61 bits per heavy atom. The molecule has 1 aromatic rings. The Morgan fingerprint density at radius 3 is 3.00 bits per heavy atom. The summed E-state index contributed by atoms with van der Waals surface area (Å²) in [6, 6.07) is 2.25. The van der Waals surface area contributed by atoms with E-state index in [1.807, 2.05) is 5.38 Å². The van der Waals surface area contributed by atoms with Crippen LogP contribution in [0.3, 0.4) is 0 Å². The number of aliphatic hydroxyl groups is 1. The molecule has 1 fully saturated rings. The van der Waals surface area contributed by atoms with Crippen LogP contribution in [0.5, 0.6) is 0 Å². The maximum atomic E-state index is 10.7. The van der Waals surface area contributed by atoms with Gasteiger partial charge in [-0.25, -0.2) is 0 Å². The van der Waals surface area contributed by atoms with Crippen LogP contribution in [0.15, 0.2) is 11.4 Å². The molecule has 18 heavy (non-hydrogen) atoms. The summed E-state index contributed by atoms with van der Waals surface area (Å²) in [7, 11) is 0. The van der Waals surface area contributed by atoms with Gasteiger partial charge in [0.05, 0.1) is 11.5 Å². The lowest BCUT2D eigenvalue weighted by molar-refractivity contribution is -0.380. The molecule has 1 aliphatic rings. The highest BCUT2D eigenvalue weighted by Gasteiger charge is 2.27. The van der Waals surface area contributed by atoms with E-state index >= 15 is 0 Å². The van der Waals surface area contributed by atoms with E-state index in [2.05, 4.69) is 11.8 Å². The Hall–Kier alpha value is -0.980. The van der Waals surface area contributed by atoms with Gasteiger partial charge in [-0.2, -0.15) is 0 Å². The maximum absolute atomic E-state index is 10.7. The standard InChI is InChI=1S/C12H18N2O3S/c1-9-3-2-4-11(7-15)13(9)6-10-5-12(14(16)17)18-8-10/h5,8-9,11,15H,2-4,6-7H2,1H3. The van der Waals surface area contributed by atoms with Crippen molar-refractivity contribution in [2.45, 2.75) is 44.8 Å². The van der Waals surface area contributed by atoms with Gasteiger partial charge in [0, 0.05) is 30.1 Å². The molecule has 1 aromatic heterocycles. The highest BCUT2D eigenvalue weighted by molar-refractivity contribution is 7.13. The number of likely N-dealkylation sites (tertiary alicyclic amines) is 1. The summed E-state index contributed by atoms with van der Waals surface area (Å²) >= 11 is 1.17. The molecule has 0 aliphatic carbocycles. The van der Waals surface area contributed by atoms with Crippen LogP contribution >= 0.6 is 11.3 Å². The van der Waals surface area contributed by atoms with Crippen molar-refractivity contribution in [2.24, 2.45) is 0 Å². The topological polar surface area (TPSA) is 66.6 Å². The first kappa shape index (κ1) is 13.5. The van der Waals surface area contributed by atoms with Crippen molar-refractivity contribution >= 4 is 16.3 Å². The van der Waals surface area contributed by atoms with Crippen molar-refractivity contribution in [2.75, 3.05) is 6.61 Å². The Balaban J connectivity index is 2.07. The molecule has 0 saturated carbocycles. The zero-order valence-corrected chi connectivity index (χ0v) is 11.2. The zero-order valence-electron chi connectivity index (χ0n) is 10.4. The predicted molar refractivity (Wildman–Crippen MR) is 70.7 cm³/mol. The fourth-order valence-corrected chi connectivity index (χ4v) is 3.29. The Kier molecular flexibility index (Phi) is 4.31. The molecule has 6 heteroatoms. The lowest BCUT2D eigenvalue weighted by Gasteiger charge is -2.39. The van der Waals surface area contributed by atoms with Gasteiger partial charge in [-0.1, -0.05) is 17.8 Å². The molecule has 100 valence electrons. The molecular weight excluding hydrogens is 252 g/mol. The van der Waals surface area contributed by atoms with Gasteiger partial charge in [-0.05, 0) is 25.3 Å². The molecular formula is C12H18N2O3S. The number of hydrogen-bond donors (Lipinski definition) is 1. The fourth-order valence-electron chi connectivity index (χ4n) is 2.57. The molecule has 2 rings (SSSR count). The fraction of sp³-hybridized carbons (Fsp3) is 0.667. The number of hydrogen-bond acceptors (Lipinski definition) is 5. The Bertz CT molecular complexity index is 421. The third-order valence-electron chi connectivity index (χ3n) is 3.59. The SMILES string of the molecule is CC1CCCC(CO)N1Cc1csc([N+](=O)[O-])c1. The summed E-state index contributed by atoms with van der Waals surface area (Å²) in [4.78, 5) is 12.6. The second-order valence-corrected chi connectivity index (χ2v) is 5.73. The van der Waals surface area contributed by atoms with Crippen LogP contribution in [0.1, 0.15) is 31.7 Å². The minimum Gasteiger partial charge on any atom is -0.395 e. The van der Waals surface area contributed by atoms with Crippen LogP contribution in [-0.2, 0) is 6.54 Å². The van der Waals surface area contributed by atoms with Crippen LogP contribution < -0.4 is 0 Å². The van der Waals surface area contributed by atoms with Gasteiger partial charge in [-0.3, -0.25) is 15.0 Å². The normalized spacial score (nSPS) is 25.2.